The first kappa shape index (κ1) is 16.1. The molecule has 2 amide bonds. The van der Waals surface area contributed by atoms with E-state index in [0.29, 0.717) is 19.8 Å². The first-order valence-corrected chi connectivity index (χ1v) is 7.74. The quantitative estimate of drug-likeness (QED) is 0.835. The van der Waals surface area contributed by atoms with Crippen molar-refractivity contribution >= 4 is 12.0 Å². The molecule has 0 aromatic heterocycles. The third-order valence-electron chi connectivity index (χ3n) is 4.56. The van der Waals surface area contributed by atoms with Gasteiger partial charge < -0.3 is 20.1 Å². The molecule has 0 spiro atoms. The normalized spacial score (nSPS) is 24.4. The van der Waals surface area contributed by atoms with Crippen molar-refractivity contribution in [3.63, 3.8) is 0 Å². The van der Waals surface area contributed by atoms with Gasteiger partial charge in [-0.2, -0.15) is 0 Å². The molecule has 2 fully saturated rings. The first-order valence-electron chi connectivity index (χ1n) is 7.74. The van der Waals surface area contributed by atoms with E-state index in [1.807, 2.05) is 13.8 Å². The van der Waals surface area contributed by atoms with Gasteiger partial charge in [0, 0.05) is 6.54 Å². The lowest BCUT2D eigenvalue weighted by Gasteiger charge is -2.45. The Morgan fingerprint density at radius 3 is 2.48 bits per heavy atom. The maximum absolute atomic E-state index is 12.6. The number of amides is 2. The smallest absolute Gasteiger partial charge is 0.318 e. The number of ether oxygens (including phenoxy) is 1. The molecule has 6 heteroatoms. The molecule has 1 aliphatic heterocycles. The third kappa shape index (κ3) is 3.87. The van der Waals surface area contributed by atoms with Crippen LogP contribution in [-0.2, 0) is 9.53 Å². The molecule has 2 N–H and O–H groups in total. The van der Waals surface area contributed by atoms with Crippen LogP contribution < -0.4 is 5.32 Å². The van der Waals surface area contributed by atoms with E-state index in [1.165, 1.54) is 0 Å². The highest BCUT2D eigenvalue weighted by molar-refractivity contribution is 5.77. The maximum Gasteiger partial charge on any atom is 0.318 e. The van der Waals surface area contributed by atoms with Crippen LogP contribution in [0.3, 0.4) is 0 Å². The Hall–Kier alpha value is -1.30. The average molecular weight is 298 g/mol. The lowest BCUT2D eigenvalue weighted by molar-refractivity contribution is -0.139. The van der Waals surface area contributed by atoms with Gasteiger partial charge in [-0.05, 0) is 26.7 Å². The summed E-state index contributed by atoms with van der Waals surface area (Å²) >= 11 is 0. The van der Waals surface area contributed by atoms with Gasteiger partial charge in [0.2, 0.25) is 0 Å². The Kier molecular flexibility index (Phi) is 4.76. The van der Waals surface area contributed by atoms with E-state index < -0.39 is 11.5 Å². The van der Waals surface area contributed by atoms with Gasteiger partial charge in [0.15, 0.2) is 0 Å². The van der Waals surface area contributed by atoms with Crippen LogP contribution >= 0.6 is 0 Å². The molecule has 0 atom stereocenters. The summed E-state index contributed by atoms with van der Waals surface area (Å²) < 4.78 is 5.43. The van der Waals surface area contributed by atoms with E-state index in [1.54, 1.807) is 4.90 Å². The van der Waals surface area contributed by atoms with Gasteiger partial charge in [-0.15, -0.1) is 0 Å². The van der Waals surface area contributed by atoms with Gasteiger partial charge >= 0.3 is 12.0 Å². The fraction of sp³-hybridized carbons (Fsp3) is 0.867. The molecule has 0 aromatic carbocycles. The number of morpholine rings is 1. The van der Waals surface area contributed by atoms with E-state index >= 15 is 0 Å². The summed E-state index contributed by atoms with van der Waals surface area (Å²) in [5, 5.41) is 12.2. The SMILES string of the molecule is CC1(C)COCCN1C(=O)NC1(CC(=O)O)CCCCC1. The van der Waals surface area contributed by atoms with Crippen LogP contribution in [0.15, 0.2) is 0 Å². The molecule has 1 heterocycles. The first-order chi connectivity index (χ1) is 9.85. The van der Waals surface area contributed by atoms with Gasteiger partial charge in [0.1, 0.15) is 0 Å². The summed E-state index contributed by atoms with van der Waals surface area (Å²) in [5.74, 6) is -0.849. The minimum atomic E-state index is -0.849. The van der Waals surface area contributed by atoms with Crippen LogP contribution in [0.1, 0.15) is 52.4 Å². The summed E-state index contributed by atoms with van der Waals surface area (Å²) in [7, 11) is 0. The number of urea groups is 1. The highest BCUT2D eigenvalue weighted by Gasteiger charge is 2.40. The third-order valence-corrected chi connectivity index (χ3v) is 4.56. The van der Waals surface area contributed by atoms with Crippen molar-refractivity contribution in [2.24, 2.45) is 0 Å². The van der Waals surface area contributed by atoms with Crippen LogP contribution in [0.4, 0.5) is 4.79 Å². The Bertz CT molecular complexity index is 402. The molecular formula is C15H26N2O4. The van der Waals surface area contributed by atoms with Crippen molar-refractivity contribution in [3.8, 4) is 0 Å². The van der Waals surface area contributed by atoms with Gasteiger partial charge in [-0.1, -0.05) is 19.3 Å². The molecule has 1 aliphatic carbocycles. The molecule has 21 heavy (non-hydrogen) atoms. The van der Waals surface area contributed by atoms with Gasteiger partial charge in [-0.25, -0.2) is 4.79 Å². The number of carboxylic acid groups (broad SMARTS) is 1. The van der Waals surface area contributed by atoms with Crippen molar-refractivity contribution in [1.29, 1.82) is 0 Å². The van der Waals surface area contributed by atoms with Crippen molar-refractivity contribution in [2.75, 3.05) is 19.8 Å². The number of rotatable bonds is 3. The molecule has 0 radical (unpaired) electrons. The van der Waals surface area contributed by atoms with Crippen molar-refractivity contribution in [1.82, 2.24) is 10.2 Å². The predicted molar refractivity (Wildman–Crippen MR) is 78.2 cm³/mol. The second-order valence-electron chi connectivity index (χ2n) is 6.86. The van der Waals surface area contributed by atoms with Crippen LogP contribution in [-0.4, -0.2) is 52.8 Å². The number of carbonyl (C=O) groups is 2. The van der Waals surface area contributed by atoms with Gasteiger partial charge in [0.05, 0.1) is 30.7 Å². The zero-order valence-electron chi connectivity index (χ0n) is 13.0. The lowest BCUT2D eigenvalue weighted by atomic mass is 9.79. The van der Waals surface area contributed by atoms with Crippen molar-refractivity contribution in [2.45, 2.75) is 63.5 Å². The molecule has 6 nitrogen and oxygen atoms in total. The van der Waals surface area contributed by atoms with Crippen LogP contribution in [0, 0.1) is 0 Å². The van der Waals surface area contributed by atoms with E-state index in [-0.39, 0.29) is 18.0 Å². The maximum atomic E-state index is 12.6. The summed E-state index contributed by atoms with van der Waals surface area (Å²) in [6.07, 6.45) is 4.55. The Morgan fingerprint density at radius 2 is 1.90 bits per heavy atom. The minimum absolute atomic E-state index is 0.00348. The average Bonchev–Trinajstić information content (AvgIpc) is 2.37. The fourth-order valence-electron chi connectivity index (χ4n) is 3.39. The molecule has 0 bridgehead atoms. The Morgan fingerprint density at radius 1 is 1.24 bits per heavy atom. The standard InChI is InChI=1S/C15H26N2O4/c1-14(2)11-21-9-8-17(14)13(20)16-15(10-12(18)19)6-4-3-5-7-15/h3-11H2,1-2H3,(H,16,20)(H,18,19). The Balaban J connectivity index is 2.08. The minimum Gasteiger partial charge on any atom is -0.481 e. The van der Waals surface area contributed by atoms with E-state index in [2.05, 4.69) is 5.32 Å². The van der Waals surface area contributed by atoms with Gasteiger partial charge in [-0.3, -0.25) is 4.79 Å². The summed E-state index contributed by atoms with van der Waals surface area (Å²) in [6, 6.07) is -0.161. The molecule has 1 saturated heterocycles. The molecule has 2 rings (SSSR count). The summed E-state index contributed by atoms with van der Waals surface area (Å²) in [6.45, 7) is 5.52. The number of hydrogen-bond donors (Lipinski definition) is 2. The number of nitrogens with zero attached hydrogens (tertiary/aromatic N) is 1. The fourth-order valence-corrected chi connectivity index (χ4v) is 3.39. The summed E-state index contributed by atoms with van der Waals surface area (Å²) in [4.78, 5) is 25.6. The number of carboxylic acids is 1. The van der Waals surface area contributed by atoms with Crippen molar-refractivity contribution in [3.05, 3.63) is 0 Å². The molecule has 0 unspecified atom stereocenters. The number of nitrogens with one attached hydrogen (secondary N) is 1. The van der Waals surface area contributed by atoms with E-state index in [4.69, 9.17) is 4.74 Å². The molecule has 0 aromatic rings. The monoisotopic (exact) mass is 298 g/mol. The topological polar surface area (TPSA) is 78.9 Å². The predicted octanol–water partition coefficient (Wildman–Crippen LogP) is 1.98. The summed E-state index contributed by atoms with van der Waals surface area (Å²) in [5.41, 5.74) is -0.947. The van der Waals surface area contributed by atoms with Gasteiger partial charge in [0.25, 0.3) is 0 Å². The van der Waals surface area contributed by atoms with Crippen molar-refractivity contribution < 1.29 is 19.4 Å². The van der Waals surface area contributed by atoms with Crippen LogP contribution in [0.2, 0.25) is 0 Å². The second kappa shape index (κ2) is 6.22. The largest absolute Gasteiger partial charge is 0.481 e. The number of aliphatic carboxylic acids is 1. The second-order valence-corrected chi connectivity index (χ2v) is 6.86. The Labute approximate surface area is 125 Å². The molecular weight excluding hydrogens is 272 g/mol. The number of hydrogen-bond acceptors (Lipinski definition) is 3. The van der Waals surface area contributed by atoms with Crippen LogP contribution in [0.25, 0.3) is 0 Å². The van der Waals surface area contributed by atoms with Crippen LogP contribution in [0.5, 0.6) is 0 Å². The highest BCUT2D eigenvalue weighted by atomic mass is 16.5. The molecule has 2 aliphatic rings. The zero-order valence-corrected chi connectivity index (χ0v) is 13.0. The number of carbonyl (C=O) groups excluding carboxylic acids is 1. The van der Waals surface area contributed by atoms with E-state index in [0.717, 1.165) is 32.1 Å². The highest BCUT2D eigenvalue weighted by Crippen LogP contribution is 2.32. The molecule has 120 valence electrons. The van der Waals surface area contributed by atoms with E-state index in [9.17, 15) is 14.7 Å². The lowest BCUT2D eigenvalue weighted by Crippen LogP contribution is -2.62. The molecule has 1 saturated carbocycles. The zero-order chi connectivity index (χ0) is 15.5.